The third-order valence-electron chi connectivity index (χ3n) is 5.68. The van der Waals surface area contributed by atoms with E-state index in [1.807, 2.05) is 0 Å². The van der Waals surface area contributed by atoms with Crippen LogP contribution in [0.5, 0.6) is 23.0 Å². The quantitative estimate of drug-likeness (QED) is 0.189. The van der Waals surface area contributed by atoms with Gasteiger partial charge in [-0.25, -0.2) is 4.98 Å². The van der Waals surface area contributed by atoms with Crippen molar-refractivity contribution in [3.05, 3.63) is 138 Å². The van der Waals surface area contributed by atoms with Crippen molar-refractivity contribution in [2.45, 2.75) is 0 Å². The Labute approximate surface area is 219 Å². The number of aromatic nitrogens is 1. The number of ether oxygens (including phenoxy) is 2. The van der Waals surface area contributed by atoms with Crippen molar-refractivity contribution in [3.8, 4) is 23.0 Å². The van der Waals surface area contributed by atoms with Crippen LogP contribution in [0.25, 0.3) is 0 Å². The van der Waals surface area contributed by atoms with Crippen LogP contribution in [0.1, 0.15) is 32.1 Å². The summed E-state index contributed by atoms with van der Waals surface area (Å²) >= 11 is 0. The Morgan fingerprint density at radius 1 is 0.474 bits per heavy atom. The summed E-state index contributed by atoms with van der Waals surface area (Å²) in [5.74, 6) is 1.82. The van der Waals surface area contributed by atoms with Gasteiger partial charge in [0.1, 0.15) is 34.4 Å². The number of hydrogen-bond acceptors (Lipinski definition) is 7. The summed E-state index contributed by atoms with van der Waals surface area (Å²) in [7, 11) is 0. The average Bonchev–Trinajstić information content (AvgIpc) is 2.96. The molecule has 0 fully saturated rings. The molecular weight excluding hydrogens is 478 g/mol. The molecule has 7 nitrogen and oxygen atoms in total. The van der Waals surface area contributed by atoms with Crippen molar-refractivity contribution in [1.82, 2.24) is 4.98 Å². The van der Waals surface area contributed by atoms with Crippen molar-refractivity contribution < 1.29 is 19.1 Å². The molecule has 0 bridgehead atoms. The largest absolute Gasteiger partial charge is 0.457 e. The van der Waals surface area contributed by atoms with E-state index in [1.165, 1.54) is 0 Å². The number of rotatable bonds is 8. The minimum atomic E-state index is -0.300. The standard InChI is InChI=1S/C31H23N3O4/c32-22-8-16-26(17-9-22)37-24-12-4-20(5-13-24)30(35)28-2-1-3-29(34-28)31(36)21-6-14-25(15-7-21)38-27-18-10-23(33)11-19-27/h1-19H,32-33H2. The van der Waals surface area contributed by atoms with Crippen molar-refractivity contribution >= 4 is 22.9 Å². The number of carbonyl (C=O) groups excluding carboxylic acids is 2. The molecule has 0 saturated heterocycles. The molecule has 38 heavy (non-hydrogen) atoms. The number of ketones is 2. The van der Waals surface area contributed by atoms with Crippen molar-refractivity contribution in [1.29, 1.82) is 0 Å². The fourth-order valence-electron chi connectivity index (χ4n) is 3.68. The molecule has 0 unspecified atom stereocenters. The molecule has 4 aromatic carbocycles. The summed E-state index contributed by atoms with van der Waals surface area (Å²) in [6, 6.07) is 32.3. The van der Waals surface area contributed by atoms with E-state index >= 15 is 0 Å². The highest BCUT2D eigenvalue weighted by Crippen LogP contribution is 2.25. The third-order valence-corrected chi connectivity index (χ3v) is 5.68. The Morgan fingerprint density at radius 3 is 1.13 bits per heavy atom. The summed E-state index contributed by atoms with van der Waals surface area (Å²) in [5, 5.41) is 0. The molecule has 0 radical (unpaired) electrons. The Morgan fingerprint density at radius 2 is 0.789 bits per heavy atom. The molecule has 0 atom stereocenters. The van der Waals surface area contributed by atoms with Crippen LogP contribution >= 0.6 is 0 Å². The van der Waals surface area contributed by atoms with Gasteiger partial charge in [-0.1, -0.05) is 6.07 Å². The summed E-state index contributed by atoms with van der Waals surface area (Å²) in [6.07, 6.45) is 0. The Hall–Kier alpha value is -5.43. The van der Waals surface area contributed by atoms with E-state index in [0.29, 0.717) is 45.5 Å². The third kappa shape index (κ3) is 5.68. The molecule has 0 saturated carbocycles. The normalized spacial score (nSPS) is 10.5. The topological polar surface area (TPSA) is 118 Å². The van der Waals surface area contributed by atoms with E-state index in [9.17, 15) is 9.59 Å². The lowest BCUT2D eigenvalue weighted by Gasteiger charge is -2.08. The van der Waals surface area contributed by atoms with Gasteiger partial charge in [-0.05, 0) is 109 Å². The first-order valence-corrected chi connectivity index (χ1v) is 11.8. The molecule has 4 N–H and O–H groups in total. The van der Waals surface area contributed by atoms with Crippen LogP contribution in [0.15, 0.2) is 115 Å². The van der Waals surface area contributed by atoms with Crippen LogP contribution in [0.4, 0.5) is 11.4 Å². The summed E-state index contributed by atoms with van der Waals surface area (Å²) in [6.45, 7) is 0. The highest BCUT2D eigenvalue weighted by molar-refractivity contribution is 6.10. The van der Waals surface area contributed by atoms with Gasteiger partial charge in [0.2, 0.25) is 11.6 Å². The molecule has 1 heterocycles. The number of benzene rings is 4. The van der Waals surface area contributed by atoms with Gasteiger partial charge < -0.3 is 20.9 Å². The van der Waals surface area contributed by atoms with Gasteiger partial charge in [0, 0.05) is 22.5 Å². The van der Waals surface area contributed by atoms with Crippen molar-refractivity contribution in [2.24, 2.45) is 0 Å². The Bertz CT molecular complexity index is 1460. The number of nitrogens with two attached hydrogens (primary N) is 2. The monoisotopic (exact) mass is 501 g/mol. The van der Waals surface area contributed by atoms with Crippen LogP contribution in [-0.4, -0.2) is 16.6 Å². The van der Waals surface area contributed by atoms with E-state index in [0.717, 1.165) is 0 Å². The number of nitrogens with zero attached hydrogens (tertiary/aromatic N) is 1. The summed E-state index contributed by atoms with van der Waals surface area (Å²) < 4.78 is 11.6. The zero-order valence-corrected chi connectivity index (χ0v) is 20.2. The van der Waals surface area contributed by atoms with Crippen molar-refractivity contribution in [2.75, 3.05) is 11.5 Å². The van der Waals surface area contributed by atoms with Gasteiger partial charge >= 0.3 is 0 Å². The number of anilines is 2. The zero-order valence-electron chi connectivity index (χ0n) is 20.2. The lowest BCUT2D eigenvalue weighted by Crippen LogP contribution is -2.10. The molecule has 1 aromatic heterocycles. The predicted molar refractivity (Wildman–Crippen MR) is 146 cm³/mol. The smallest absolute Gasteiger partial charge is 0.211 e. The Kier molecular flexibility index (Phi) is 6.82. The second-order valence-electron chi connectivity index (χ2n) is 8.46. The zero-order chi connectivity index (χ0) is 26.5. The minimum absolute atomic E-state index is 0.173. The first-order chi connectivity index (χ1) is 18.4. The molecule has 5 rings (SSSR count). The van der Waals surface area contributed by atoms with Gasteiger partial charge in [-0.3, -0.25) is 9.59 Å². The minimum Gasteiger partial charge on any atom is -0.457 e. The maximum Gasteiger partial charge on any atom is 0.211 e. The second kappa shape index (κ2) is 10.7. The van der Waals surface area contributed by atoms with Gasteiger partial charge in [0.15, 0.2) is 0 Å². The Balaban J connectivity index is 1.27. The molecule has 0 spiro atoms. The molecule has 186 valence electrons. The van der Waals surface area contributed by atoms with Gasteiger partial charge in [0.05, 0.1) is 0 Å². The van der Waals surface area contributed by atoms with Gasteiger partial charge in [0.25, 0.3) is 0 Å². The number of nitrogen functional groups attached to an aromatic ring is 2. The molecule has 0 aliphatic carbocycles. The maximum absolute atomic E-state index is 13.1. The van der Waals surface area contributed by atoms with Crippen LogP contribution in [0.2, 0.25) is 0 Å². The predicted octanol–water partition coefficient (Wildman–Crippen LogP) is 6.29. The fourth-order valence-corrected chi connectivity index (χ4v) is 3.68. The molecule has 5 aromatic rings. The second-order valence-corrected chi connectivity index (χ2v) is 8.46. The van der Waals surface area contributed by atoms with Gasteiger partial charge in [-0.2, -0.15) is 0 Å². The molecule has 7 heteroatoms. The van der Waals surface area contributed by atoms with E-state index < -0.39 is 0 Å². The molecular formula is C31H23N3O4. The molecule has 0 amide bonds. The van der Waals surface area contributed by atoms with Crippen LogP contribution in [0, 0.1) is 0 Å². The van der Waals surface area contributed by atoms with E-state index in [4.69, 9.17) is 20.9 Å². The highest BCUT2D eigenvalue weighted by atomic mass is 16.5. The summed E-state index contributed by atoms with van der Waals surface area (Å²) in [5.41, 5.74) is 13.9. The summed E-state index contributed by atoms with van der Waals surface area (Å²) in [4.78, 5) is 30.4. The lowest BCUT2D eigenvalue weighted by atomic mass is 10.0. The fraction of sp³-hybridized carbons (Fsp3) is 0. The van der Waals surface area contributed by atoms with Crippen LogP contribution < -0.4 is 20.9 Å². The molecule has 0 aliphatic rings. The van der Waals surface area contributed by atoms with Crippen LogP contribution in [-0.2, 0) is 0 Å². The van der Waals surface area contributed by atoms with Crippen molar-refractivity contribution in [3.63, 3.8) is 0 Å². The van der Waals surface area contributed by atoms with E-state index in [2.05, 4.69) is 4.98 Å². The number of carbonyl (C=O) groups is 2. The van der Waals surface area contributed by atoms with Crippen LogP contribution in [0.3, 0.4) is 0 Å². The van der Waals surface area contributed by atoms with Gasteiger partial charge in [-0.15, -0.1) is 0 Å². The average molecular weight is 502 g/mol. The number of pyridine rings is 1. The molecule has 0 aliphatic heterocycles. The van der Waals surface area contributed by atoms with E-state index in [1.54, 1.807) is 115 Å². The first-order valence-electron chi connectivity index (χ1n) is 11.8. The number of hydrogen-bond donors (Lipinski definition) is 2. The van der Waals surface area contributed by atoms with E-state index in [-0.39, 0.29) is 23.0 Å². The maximum atomic E-state index is 13.1. The SMILES string of the molecule is Nc1ccc(Oc2ccc(C(=O)c3cccc(C(=O)c4ccc(Oc5ccc(N)cc5)cc4)n3)cc2)cc1. The highest BCUT2D eigenvalue weighted by Gasteiger charge is 2.16. The lowest BCUT2D eigenvalue weighted by molar-refractivity contribution is 0.103. The first kappa shape index (κ1) is 24.3.